The molecule has 0 aliphatic carbocycles. The smallest absolute Gasteiger partial charge is 0.295 e. The maximum absolute atomic E-state index is 12.9. The van der Waals surface area contributed by atoms with Crippen LogP contribution in [0.2, 0.25) is 0 Å². The first-order valence-electron chi connectivity index (χ1n) is 9.18. The zero-order chi connectivity index (χ0) is 21.0. The summed E-state index contributed by atoms with van der Waals surface area (Å²) < 4.78 is 10.2. The Kier molecular flexibility index (Phi) is 6.19. The van der Waals surface area contributed by atoms with Crippen LogP contribution in [0.15, 0.2) is 54.1 Å². The minimum Gasteiger partial charge on any atom is -0.508 e. The molecule has 1 saturated heterocycles. The lowest BCUT2D eigenvalue weighted by atomic mass is 9.95. The van der Waals surface area contributed by atoms with E-state index < -0.39 is 17.7 Å². The second-order valence-electron chi connectivity index (χ2n) is 6.67. The molecule has 0 saturated carbocycles. The first kappa shape index (κ1) is 20.4. The molecule has 0 aromatic heterocycles. The average molecular weight is 397 g/mol. The molecular weight excluding hydrogens is 374 g/mol. The van der Waals surface area contributed by atoms with Gasteiger partial charge in [-0.25, -0.2) is 0 Å². The molecule has 2 aromatic rings. The number of Topliss-reactive ketones (excluding diaryl/α,β-unsaturated/α-hetero) is 1. The molecule has 1 heterocycles. The Morgan fingerprint density at radius 3 is 2.55 bits per heavy atom. The van der Waals surface area contributed by atoms with Gasteiger partial charge in [-0.15, -0.1) is 0 Å². The van der Waals surface area contributed by atoms with Gasteiger partial charge in [0.1, 0.15) is 17.3 Å². The molecule has 1 unspecified atom stereocenters. The van der Waals surface area contributed by atoms with Gasteiger partial charge in [0.2, 0.25) is 0 Å². The van der Waals surface area contributed by atoms with Crippen molar-refractivity contribution in [3.8, 4) is 11.5 Å². The number of aliphatic hydroxyl groups is 1. The Morgan fingerprint density at radius 2 is 1.86 bits per heavy atom. The summed E-state index contributed by atoms with van der Waals surface area (Å²) in [5.41, 5.74) is 0.877. The van der Waals surface area contributed by atoms with Crippen LogP contribution in [0.4, 0.5) is 0 Å². The van der Waals surface area contributed by atoms with Crippen LogP contribution in [0.1, 0.15) is 23.6 Å². The molecule has 7 heteroatoms. The summed E-state index contributed by atoms with van der Waals surface area (Å²) in [7, 11) is 3.06. The van der Waals surface area contributed by atoms with Gasteiger partial charge in [-0.2, -0.15) is 0 Å². The van der Waals surface area contributed by atoms with Crippen molar-refractivity contribution in [1.82, 2.24) is 4.90 Å². The molecule has 152 valence electrons. The first-order chi connectivity index (χ1) is 14.0. The van der Waals surface area contributed by atoms with E-state index in [1.165, 1.54) is 24.1 Å². The minimum atomic E-state index is -0.815. The fraction of sp³-hybridized carbons (Fsp3) is 0.273. The van der Waals surface area contributed by atoms with Gasteiger partial charge in [0.15, 0.2) is 0 Å². The van der Waals surface area contributed by atoms with Gasteiger partial charge >= 0.3 is 0 Å². The van der Waals surface area contributed by atoms with Crippen LogP contribution in [-0.2, 0) is 14.3 Å². The van der Waals surface area contributed by atoms with Crippen molar-refractivity contribution in [3.05, 3.63) is 65.2 Å². The second-order valence-corrected chi connectivity index (χ2v) is 6.67. The van der Waals surface area contributed by atoms with Crippen molar-refractivity contribution >= 4 is 17.4 Å². The van der Waals surface area contributed by atoms with E-state index >= 15 is 0 Å². The van der Waals surface area contributed by atoms with Crippen LogP contribution in [0, 0.1) is 0 Å². The summed E-state index contributed by atoms with van der Waals surface area (Å²) in [4.78, 5) is 27.0. The lowest BCUT2D eigenvalue weighted by Crippen LogP contribution is -2.31. The Morgan fingerprint density at radius 1 is 1.10 bits per heavy atom. The number of nitrogens with zero attached hydrogens (tertiary/aromatic N) is 1. The van der Waals surface area contributed by atoms with Crippen molar-refractivity contribution in [2.45, 2.75) is 12.5 Å². The number of rotatable bonds is 7. The van der Waals surface area contributed by atoms with Crippen LogP contribution in [-0.4, -0.2) is 54.2 Å². The number of ketones is 1. The van der Waals surface area contributed by atoms with E-state index in [2.05, 4.69) is 0 Å². The number of phenolic OH excluding ortho intramolecular Hbond substituents is 1. The molecular formula is C22H23NO6. The number of ether oxygens (including phenoxy) is 2. The number of methoxy groups -OCH3 is 2. The fourth-order valence-electron chi connectivity index (χ4n) is 3.46. The molecule has 1 amide bonds. The van der Waals surface area contributed by atoms with Gasteiger partial charge in [-0.1, -0.05) is 24.3 Å². The first-order valence-corrected chi connectivity index (χ1v) is 9.18. The number of hydrogen-bond acceptors (Lipinski definition) is 6. The van der Waals surface area contributed by atoms with Crippen molar-refractivity contribution < 1.29 is 29.3 Å². The van der Waals surface area contributed by atoms with Gasteiger partial charge in [0, 0.05) is 25.8 Å². The van der Waals surface area contributed by atoms with Crippen LogP contribution >= 0.6 is 0 Å². The van der Waals surface area contributed by atoms with E-state index in [4.69, 9.17) is 9.47 Å². The Bertz CT molecular complexity index is 952. The summed E-state index contributed by atoms with van der Waals surface area (Å²) in [6.45, 7) is 0.694. The SMILES string of the molecule is COCCCN1C(=O)C(=O)/C(=C(/O)c2cccc(OC)c2)C1c1cccc(O)c1. The summed E-state index contributed by atoms with van der Waals surface area (Å²) in [5, 5.41) is 20.9. The Hall–Kier alpha value is -3.32. The fourth-order valence-corrected chi connectivity index (χ4v) is 3.46. The monoisotopic (exact) mass is 397 g/mol. The number of aliphatic hydroxyl groups excluding tert-OH is 1. The predicted octanol–water partition coefficient (Wildman–Crippen LogP) is 2.86. The highest BCUT2D eigenvalue weighted by Gasteiger charge is 2.45. The van der Waals surface area contributed by atoms with Gasteiger partial charge in [0.25, 0.3) is 11.7 Å². The van der Waals surface area contributed by atoms with E-state index in [1.54, 1.807) is 43.5 Å². The van der Waals surface area contributed by atoms with E-state index in [1.807, 2.05) is 0 Å². The molecule has 29 heavy (non-hydrogen) atoms. The van der Waals surface area contributed by atoms with Crippen molar-refractivity contribution in [2.75, 3.05) is 27.4 Å². The standard InChI is InChI=1S/C22H23NO6/c1-28-11-5-10-23-19(14-6-3-8-16(24)12-14)18(21(26)22(23)27)20(25)15-7-4-9-17(13-15)29-2/h3-4,6-9,12-13,19,24-25H,5,10-11H2,1-2H3/b20-18+. The highest BCUT2D eigenvalue weighted by molar-refractivity contribution is 6.46. The lowest BCUT2D eigenvalue weighted by molar-refractivity contribution is -0.140. The van der Waals surface area contributed by atoms with Crippen LogP contribution in [0.5, 0.6) is 11.5 Å². The maximum Gasteiger partial charge on any atom is 0.295 e. The quantitative estimate of drug-likeness (QED) is 0.323. The number of aromatic hydroxyl groups is 1. The number of likely N-dealkylation sites (tertiary alicyclic amines) is 1. The van der Waals surface area contributed by atoms with Crippen molar-refractivity contribution in [3.63, 3.8) is 0 Å². The van der Waals surface area contributed by atoms with Crippen molar-refractivity contribution in [1.29, 1.82) is 0 Å². The topological polar surface area (TPSA) is 96.3 Å². The lowest BCUT2D eigenvalue weighted by Gasteiger charge is -2.25. The zero-order valence-corrected chi connectivity index (χ0v) is 16.3. The highest BCUT2D eigenvalue weighted by atomic mass is 16.5. The molecule has 2 N–H and O–H groups in total. The van der Waals surface area contributed by atoms with Gasteiger partial charge in [-0.3, -0.25) is 9.59 Å². The molecule has 1 fully saturated rings. The highest BCUT2D eigenvalue weighted by Crippen LogP contribution is 2.40. The van der Waals surface area contributed by atoms with Gasteiger partial charge in [0.05, 0.1) is 18.7 Å². The summed E-state index contributed by atoms with van der Waals surface area (Å²) in [6.07, 6.45) is 0.526. The van der Waals surface area contributed by atoms with E-state index in [0.717, 1.165) is 0 Å². The summed E-state index contributed by atoms with van der Waals surface area (Å²) in [5.74, 6) is -1.23. The van der Waals surface area contributed by atoms with E-state index in [9.17, 15) is 19.8 Å². The van der Waals surface area contributed by atoms with Crippen LogP contribution < -0.4 is 4.74 Å². The Balaban J connectivity index is 2.13. The van der Waals surface area contributed by atoms with Crippen LogP contribution in [0.3, 0.4) is 0 Å². The van der Waals surface area contributed by atoms with Crippen LogP contribution in [0.25, 0.3) is 5.76 Å². The summed E-state index contributed by atoms with van der Waals surface area (Å²) >= 11 is 0. The molecule has 0 spiro atoms. The third-order valence-electron chi connectivity index (χ3n) is 4.82. The third-order valence-corrected chi connectivity index (χ3v) is 4.82. The number of hydrogen-bond donors (Lipinski definition) is 2. The number of carbonyl (C=O) groups is 2. The second kappa shape index (κ2) is 8.79. The normalized spacial score (nSPS) is 18.3. The Labute approximate surface area is 168 Å². The molecule has 0 radical (unpaired) electrons. The zero-order valence-electron chi connectivity index (χ0n) is 16.3. The molecule has 1 aliphatic rings. The molecule has 0 bridgehead atoms. The maximum atomic E-state index is 12.9. The summed E-state index contributed by atoms with van der Waals surface area (Å²) in [6, 6.07) is 12.1. The predicted molar refractivity (Wildman–Crippen MR) is 107 cm³/mol. The van der Waals surface area contributed by atoms with Crippen molar-refractivity contribution in [2.24, 2.45) is 0 Å². The number of phenols is 1. The molecule has 2 aromatic carbocycles. The van der Waals surface area contributed by atoms with E-state index in [-0.39, 0.29) is 23.6 Å². The third kappa shape index (κ3) is 4.09. The molecule has 1 aliphatic heterocycles. The molecule has 3 rings (SSSR count). The van der Waals surface area contributed by atoms with E-state index in [0.29, 0.717) is 29.9 Å². The van der Waals surface area contributed by atoms with Gasteiger partial charge < -0.3 is 24.6 Å². The number of benzene rings is 2. The average Bonchev–Trinajstić information content (AvgIpc) is 2.98. The molecule has 1 atom stereocenters. The minimum absolute atomic E-state index is 0.00589. The molecule has 7 nitrogen and oxygen atoms in total. The largest absolute Gasteiger partial charge is 0.508 e. The number of amides is 1. The number of carbonyl (C=O) groups excluding carboxylic acids is 2. The van der Waals surface area contributed by atoms with Gasteiger partial charge in [-0.05, 0) is 36.2 Å².